The topological polar surface area (TPSA) is 110 Å². The second-order valence-electron chi connectivity index (χ2n) is 4.11. The monoisotopic (exact) mass is 315 g/mol. The number of ether oxygens (including phenoxy) is 1. The Labute approximate surface area is 123 Å². The van der Waals surface area contributed by atoms with E-state index in [0.717, 1.165) is 6.07 Å². The molecule has 0 radical (unpaired) electrons. The van der Waals surface area contributed by atoms with Gasteiger partial charge in [-0.3, -0.25) is 4.79 Å². The fourth-order valence-corrected chi connectivity index (χ4v) is 2.67. The summed E-state index contributed by atoms with van der Waals surface area (Å²) in [5.41, 5.74) is 0.461. The lowest BCUT2D eigenvalue weighted by Crippen LogP contribution is -2.30. The van der Waals surface area contributed by atoms with E-state index in [-0.39, 0.29) is 17.1 Å². The molecule has 0 amide bonds. The second-order valence-corrected chi connectivity index (χ2v) is 5.87. The van der Waals surface area contributed by atoms with Gasteiger partial charge < -0.3 is 9.84 Å². The van der Waals surface area contributed by atoms with Gasteiger partial charge in [0.05, 0.1) is 17.1 Å². The fraction of sp³-hybridized carbons (Fsp3) is 0.385. The molecule has 0 aliphatic carbocycles. The van der Waals surface area contributed by atoms with E-state index in [4.69, 9.17) is 5.11 Å². The first-order valence-corrected chi connectivity index (χ1v) is 7.81. The van der Waals surface area contributed by atoms with Gasteiger partial charge in [-0.15, -0.1) is 0 Å². The molecular weight excluding hydrogens is 298 g/mol. The molecule has 0 aliphatic rings. The zero-order valence-electron chi connectivity index (χ0n) is 11.8. The van der Waals surface area contributed by atoms with E-state index >= 15 is 0 Å². The summed E-state index contributed by atoms with van der Waals surface area (Å²) < 4.78 is 30.7. The lowest BCUT2D eigenvalue weighted by molar-refractivity contribution is -0.141. The zero-order valence-corrected chi connectivity index (χ0v) is 12.6. The smallest absolute Gasteiger partial charge is 0.336 e. The average molecular weight is 315 g/mol. The van der Waals surface area contributed by atoms with Crippen LogP contribution in [0.2, 0.25) is 0 Å². The maximum Gasteiger partial charge on any atom is 0.336 e. The van der Waals surface area contributed by atoms with Crippen LogP contribution in [0.5, 0.6) is 0 Å². The molecule has 0 aliphatic heterocycles. The molecule has 7 nitrogen and oxygen atoms in total. The van der Waals surface area contributed by atoms with Crippen molar-refractivity contribution in [3.63, 3.8) is 0 Å². The van der Waals surface area contributed by atoms with Gasteiger partial charge in [0, 0.05) is 0 Å². The van der Waals surface area contributed by atoms with E-state index in [1.165, 1.54) is 12.1 Å². The van der Waals surface area contributed by atoms with Gasteiger partial charge in [-0.05, 0) is 31.0 Å². The van der Waals surface area contributed by atoms with Crippen LogP contribution in [0.4, 0.5) is 0 Å². The van der Waals surface area contributed by atoms with Crippen LogP contribution in [0.25, 0.3) is 0 Å². The van der Waals surface area contributed by atoms with Crippen LogP contribution in [0.15, 0.2) is 23.1 Å². The van der Waals surface area contributed by atoms with Crippen LogP contribution < -0.4 is 4.72 Å². The quantitative estimate of drug-likeness (QED) is 0.720. The molecule has 0 bridgehead atoms. The standard InChI is InChI=1S/C13H17NO6S/c1-3-9-5-6-10(7-11(9)13(16)17)21(18,19)14-8-12(15)20-4-2/h5-7,14H,3-4,8H2,1-2H3,(H,16,17). The van der Waals surface area contributed by atoms with Crippen molar-refractivity contribution in [3.05, 3.63) is 29.3 Å². The fourth-order valence-electron chi connectivity index (χ4n) is 1.68. The van der Waals surface area contributed by atoms with Crippen molar-refractivity contribution in [2.75, 3.05) is 13.2 Å². The number of hydrogen-bond donors (Lipinski definition) is 2. The number of aromatic carboxylic acids is 1. The van der Waals surface area contributed by atoms with Gasteiger partial charge in [0.25, 0.3) is 0 Å². The minimum Gasteiger partial charge on any atom is -0.478 e. The predicted octanol–water partition coefficient (Wildman–Crippen LogP) is 0.789. The third-order valence-corrected chi connectivity index (χ3v) is 4.11. The van der Waals surface area contributed by atoms with Crippen molar-refractivity contribution in [3.8, 4) is 0 Å². The number of nitrogens with one attached hydrogen (secondary N) is 1. The van der Waals surface area contributed by atoms with E-state index in [2.05, 4.69) is 9.46 Å². The van der Waals surface area contributed by atoms with Crippen LogP contribution in [0, 0.1) is 0 Å². The summed E-state index contributed by atoms with van der Waals surface area (Å²) in [5.74, 6) is -1.90. The van der Waals surface area contributed by atoms with Crippen LogP contribution >= 0.6 is 0 Å². The zero-order chi connectivity index (χ0) is 16.0. The van der Waals surface area contributed by atoms with Gasteiger partial charge in [-0.1, -0.05) is 13.0 Å². The minimum absolute atomic E-state index is 0.0727. The van der Waals surface area contributed by atoms with E-state index in [0.29, 0.717) is 12.0 Å². The Morgan fingerprint density at radius 3 is 2.48 bits per heavy atom. The Morgan fingerprint density at radius 1 is 1.29 bits per heavy atom. The molecule has 0 aromatic heterocycles. The molecule has 1 rings (SSSR count). The summed E-state index contributed by atoms with van der Waals surface area (Å²) in [5, 5.41) is 9.09. The number of esters is 1. The molecule has 116 valence electrons. The number of hydrogen-bond acceptors (Lipinski definition) is 5. The van der Waals surface area contributed by atoms with Crippen LogP contribution in [-0.4, -0.2) is 38.6 Å². The second kappa shape index (κ2) is 7.19. The number of carboxylic acid groups (broad SMARTS) is 1. The lowest BCUT2D eigenvalue weighted by Gasteiger charge is -2.09. The normalized spacial score (nSPS) is 11.1. The molecule has 0 saturated heterocycles. The number of benzene rings is 1. The Bertz CT molecular complexity index is 638. The van der Waals surface area contributed by atoms with Gasteiger partial charge in [-0.25, -0.2) is 13.2 Å². The molecule has 0 atom stereocenters. The molecule has 2 N–H and O–H groups in total. The predicted molar refractivity (Wildman–Crippen MR) is 74.6 cm³/mol. The lowest BCUT2D eigenvalue weighted by atomic mass is 10.1. The summed E-state index contributed by atoms with van der Waals surface area (Å²) in [4.78, 5) is 22.1. The molecule has 0 unspecified atom stereocenters. The minimum atomic E-state index is -3.97. The summed E-state index contributed by atoms with van der Waals surface area (Å²) in [6.45, 7) is 3.02. The number of carbonyl (C=O) groups excluding carboxylic acids is 1. The number of rotatable bonds is 7. The molecule has 0 saturated carbocycles. The highest BCUT2D eigenvalue weighted by atomic mass is 32.2. The van der Waals surface area contributed by atoms with E-state index in [1.807, 2.05) is 0 Å². The molecular formula is C13H17NO6S. The third-order valence-electron chi connectivity index (χ3n) is 2.71. The highest BCUT2D eigenvalue weighted by Crippen LogP contribution is 2.17. The van der Waals surface area contributed by atoms with Crippen molar-refractivity contribution >= 4 is 22.0 Å². The van der Waals surface area contributed by atoms with Gasteiger partial charge in [-0.2, -0.15) is 4.72 Å². The van der Waals surface area contributed by atoms with Crippen LogP contribution in [0.1, 0.15) is 29.8 Å². The summed E-state index contributed by atoms with van der Waals surface area (Å²) in [6, 6.07) is 3.83. The van der Waals surface area contributed by atoms with Crippen molar-refractivity contribution in [2.45, 2.75) is 25.2 Å². The molecule has 1 aromatic rings. The van der Waals surface area contributed by atoms with Gasteiger partial charge in [0.2, 0.25) is 10.0 Å². The SMILES string of the molecule is CCOC(=O)CNS(=O)(=O)c1ccc(CC)c(C(=O)O)c1. The molecule has 0 spiro atoms. The van der Waals surface area contributed by atoms with Gasteiger partial charge in [0.15, 0.2) is 0 Å². The molecule has 1 aromatic carbocycles. The summed E-state index contributed by atoms with van der Waals surface area (Å²) in [6.07, 6.45) is 0.470. The largest absolute Gasteiger partial charge is 0.478 e. The van der Waals surface area contributed by atoms with Gasteiger partial charge in [0.1, 0.15) is 6.54 Å². The third kappa shape index (κ3) is 4.54. The first kappa shape index (κ1) is 17.1. The van der Waals surface area contributed by atoms with Crippen molar-refractivity contribution < 1.29 is 27.9 Å². The summed E-state index contributed by atoms with van der Waals surface area (Å²) in [7, 11) is -3.97. The Balaban J connectivity index is 3.01. The van der Waals surface area contributed by atoms with Gasteiger partial charge >= 0.3 is 11.9 Å². The Hall–Kier alpha value is -1.93. The van der Waals surface area contributed by atoms with E-state index in [9.17, 15) is 18.0 Å². The average Bonchev–Trinajstić information content (AvgIpc) is 2.44. The molecule has 21 heavy (non-hydrogen) atoms. The van der Waals surface area contributed by atoms with Crippen molar-refractivity contribution in [1.29, 1.82) is 0 Å². The number of aryl methyl sites for hydroxylation is 1. The maximum atomic E-state index is 12.0. The highest BCUT2D eigenvalue weighted by Gasteiger charge is 2.19. The van der Waals surface area contributed by atoms with Crippen molar-refractivity contribution in [2.24, 2.45) is 0 Å². The van der Waals surface area contributed by atoms with E-state index in [1.54, 1.807) is 13.8 Å². The van der Waals surface area contributed by atoms with Crippen LogP contribution in [0.3, 0.4) is 0 Å². The molecule has 0 heterocycles. The first-order valence-electron chi connectivity index (χ1n) is 6.33. The molecule has 8 heteroatoms. The Kier molecular flexibility index (Phi) is 5.86. The number of carbonyl (C=O) groups is 2. The van der Waals surface area contributed by atoms with Crippen LogP contribution in [-0.2, 0) is 26.0 Å². The maximum absolute atomic E-state index is 12.0. The van der Waals surface area contributed by atoms with Crippen molar-refractivity contribution in [1.82, 2.24) is 4.72 Å². The van der Waals surface area contributed by atoms with E-state index < -0.39 is 28.5 Å². The summed E-state index contributed by atoms with van der Waals surface area (Å²) >= 11 is 0. The first-order chi connectivity index (χ1) is 9.81. The highest BCUT2D eigenvalue weighted by molar-refractivity contribution is 7.89. The number of carboxylic acids is 1. The number of sulfonamides is 1. The molecule has 0 fully saturated rings. The Morgan fingerprint density at radius 2 is 1.95 bits per heavy atom.